The number of aryl methyl sites for hydroxylation is 1. The van der Waals surface area contributed by atoms with E-state index in [1.165, 1.54) is 25.1 Å². The maximum Gasteiger partial charge on any atom is 0.331 e. The Morgan fingerprint density at radius 1 is 1.12 bits per heavy atom. The van der Waals surface area contributed by atoms with Gasteiger partial charge in [0.1, 0.15) is 19.0 Å². The van der Waals surface area contributed by atoms with Crippen molar-refractivity contribution in [3.05, 3.63) is 71.3 Å². The lowest BCUT2D eigenvalue weighted by Crippen LogP contribution is -2.29. The van der Waals surface area contributed by atoms with Crippen molar-refractivity contribution in [2.24, 2.45) is 0 Å². The Morgan fingerprint density at radius 2 is 1.82 bits per heavy atom. The molecular weight excluding hydrogens is 441 g/mol. The molecule has 4 rings (SSSR count). The number of aromatic nitrogens is 2. The summed E-state index contributed by atoms with van der Waals surface area (Å²) in [4.78, 5) is 24.8. The minimum absolute atomic E-state index is 0.333. The van der Waals surface area contributed by atoms with Crippen LogP contribution in [0.15, 0.2) is 48.5 Å². The number of esters is 1. The number of amides is 1. The van der Waals surface area contributed by atoms with Crippen LogP contribution in [-0.4, -0.2) is 41.0 Å². The van der Waals surface area contributed by atoms with E-state index in [1.807, 2.05) is 6.92 Å². The van der Waals surface area contributed by atoms with E-state index in [1.54, 1.807) is 48.0 Å². The smallest absolute Gasteiger partial charge is 0.331 e. The summed E-state index contributed by atoms with van der Waals surface area (Å²) in [7, 11) is 0. The van der Waals surface area contributed by atoms with Crippen LogP contribution in [0, 0.1) is 19.7 Å². The Morgan fingerprint density at radius 3 is 2.56 bits per heavy atom. The third-order valence-corrected chi connectivity index (χ3v) is 5.28. The number of hydrogen-bond donors (Lipinski definition) is 1. The molecule has 0 fully saturated rings. The third-order valence-electron chi connectivity index (χ3n) is 5.28. The molecular formula is C25H24FN3O5. The molecule has 0 bridgehead atoms. The molecule has 3 aromatic rings. The van der Waals surface area contributed by atoms with Crippen molar-refractivity contribution >= 4 is 23.6 Å². The van der Waals surface area contributed by atoms with Crippen molar-refractivity contribution in [2.45, 2.75) is 26.9 Å². The average molecular weight is 465 g/mol. The summed E-state index contributed by atoms with van der Waals surface area (Å²) >= 11 is 0. The van der Waals surface area contributed by atoms with E-state index in [9.17, 15) is 14.0 Å². The van der Waals surface area contributed by atoms with Crippen molar-refractivity contribution in [2.75, 3.05) is 18.5 Å². The highest BCUT2D eigenvalue weighted by Crippen LogP contribution is 2.32. The lowest BCUT2D eigenvalue weighted by atomic mass is 10.2. The standard InChI is InChI=1S/C25H24FN3O5/c1-15-21(16(2)29(28-15)20-7-4-18(26)5-8-20)9-11-24(30)34-17(3)25(31)27-19-6-10-22-23(14-19)33-13-12-32-22/h4-11,14,17H,12-13H2,1-3H3,(H,27,31)/b11-9+. The first-order valence-electron chi connectivity index (χ1n) is 10.7. The van der Waals surface area contributed by atoms with Gasteiger partial charge in [-0.15, -0.1) is 0 Å². The Labute approximate surface area is 195 Å². The molecule has 0 radical (unpaired) electrons. The average Bonchev–Trinajstić information content (AvgIpc) is 3.11. The van der Waals surface area contributed by atoms with E-state index < -0.39 is 18.0 Å². The van der Waals surface area contributed by atoms with Gasteiger partial charge in [-0.3, -0.25) is 4.79 Å². The molecule has 2 aromatic carbocycles. The van der Waals surface area contributed by atoms with Gasteiger partial charge < -0.3 is 19.5 Å². The highest BCUT2D eigenvalue weighted by molar-refractivity contribution is 5.97. The summed E-state index contributed by atoms with van der Waals surface area (Å²) in [6.45, 7) is 6.05. The summed E-state index contributed by atoms with van der Waals surface area (Å²) in [6, 6.07) is 11.0. The van der Waals surface area contributed by atoms with Gasteiger partial charge in [-0.25, -0.2) is 13.9 Å². The maximum absolute atomic E-state index is 13.2. The number of carbonyl (C=O) groups is 2. The number of nitrogens with one attached hydrogen (secondary N) is 1. The molecule has 1 aromatic heterocycles. The van der Waals surface area contributed by atoms with Crippen molar-refractivity contribution in [3.63, 3.8) is 0 Å². The Bertz CT molecular complexity index is 1250. The predicted octanol–water partition coefficient (Wildman–Crippen LogP) is 3.98. The van der Waals surface area contributed by atoms with Crippen LogP contribution < -0.4 is 14.8 Å². The molecule has 0 spiro atoms. The molecule has 1 N–H and O–H groups in total. The fourth-order valence-corrected chi connectivity index (χ4v) is 3.51. The van der Waals surface area contributed by atoms with Crippen LogP contribution in [0.2, 0.25) is 0 Å². The summed E-state index contributed by atoms with van der Waals surface area (Å²) in [5.41, 5.74) is 3.41. The van der Waals surface area contributed by atoms with Gasteiger partial charge in [-0.05, 0) is 63.2 Å². The van der Waals surface area contributed by atoms with E-state index >= 15 is 0 Å². The van der Waals surface area contributed by atoms with E-state index in [0.29, 0.717) is 41.8 Å². The Kier molecular flexibility index (Phi) is 6.62. The lowest BCUT2D eigenvalue weighted by Gasteiger charge is -2.19. The molecule has 1 atom stereocenters. The highest BCUT2D eigenvalue weighted by Gasteiger charge is 2.19. The van der Waals surface area contributed by atoms with Crippen LogP contribution in [-0.2, 0) is 14.3 Å². The fraction of sp³-hybridized carbons (Fsp3) is 0.240. The first-order valence-corrected chi connectivity index (χ1v) is 10.7. The first-order chi connectivity index (χ1) is 16.3. The largest absolute Gasteiger partial charge is 0.486 e. The number of fused-ring (bicyclic) bond motifs is 1. The number of nitrogens with zero attached hydrogens (tertiary/aromatic N) is 2. The molecule has 9 heteroatoms. The normalized spacial score (nSPS) is 13.5. The number of rotatable bonds is 6. The SMILES string of the molecule is Cc1nn(-c2ccc(F)cc2)c(C)c1/C=C/C(=O)OC(C)C(=O)Nc1ccc2c(c1)OCCO2. The second-order valence-electron chi connectivity index (χ2n) is 7.73. The third kappa shape index (κ3) is 5.09. The van der Waals surface area contributed by atoms with Crippen LogP contribution in [0.3, 0.4) is 0 Å². The lowest BCUT2D eigenvalue weighted by molar-refractivity contribution is -0.148. The quantitative estimate of drug-likeness (QED) is 0.437. The molecule has 8 nitrogen and oxygen atoms in total. The zero-order valence-electron chi connectivity index (χ0n) is 19.0. The number of hydrogen-bond acceptors (Lipinski definition) is 6. The van der Waals surface area contributed by atoms with E-state index in [2.05, 4.69) is 10.4 Å². The van der Waals surface area contributed by atoms with Crippen LogP contribution in [0.4, 0.5) is 10.1 Å². The summed E-state index contributed by atoms with van der Waals surface area (Å²) < 4.78 is 31.1. The molecule has 176 valence electrons. The van der Waals surface area contributed by atoms with Gasteiger partial charge in [0.2, 0.25) is 0 Å². The van der Waals surface area contributed by atoms with Gasteiger partial charge in [-0.2, -0.15) is 5.10 Å². The van der Waals surface area contributed by atoms with E-state index in [0.717, 1.165) is 11.3 Å². The van der Waals surface area contributed by atoms with Crippen molar-refractivity contribution in [3.8, 4) is 17.2 Å². The van der Waals surface area contributed by atoms with Crippen molar-refractivity contribution in [1.29, 1.82) is 0 Å². The summed E-state index contributed by atoms with van der Waals surface area (Å²) in [6.07, 6.45) is 1.82. The van der Waals surface area contributed by atoms with Gasteiger partial charge in [0.05, 0.1) is 11.4 Å². The van der Waals surface area contributed by atoms with Crippen molar-refractivity contribution in [1.82, 2.24) is 9.78 Å². The Hall–Kier alpha value is -4.14. The van der Waals surface area contributed by atoms with Gasteiger partial charge in [0.15, 0.2) is 17.6 Å². The number of anilines is 1. The maximum atomic E-state index is 13.2. The number of halogens is 1. The topological polar surface area (TPSA) is 91.7 Å². The zero-order valence-corrected chi connectivity index (χ0v) is 19.0. The van der Waals surface area contributed by atoms with E-state index in [4.69, 9.17) is 14.2 Å². The fourth-order valence-electron chi connectivity index (χ4n) is 3.51. The molecule has 1 aliphatic heterocycles. The molecule has 1 unspecified atom stereocenters. The molecule has 1 aliphatic rings. The van der Waals surface area contributed by atoms with Gasteiger partial charge >= 0.3 is 5.97 Å². The Balaban J connectivity index is 1.38. The molecule has 0 saturated heterocycles. The minimum Gasteiger partial charge on any atom is -0.486 e. The van der Waals surface area contributed by atoms with Gasteiger partial charge in [-0.1, -0.05) is 0 Å². The second kappa shape index (κ2) is 9.78. The second-order valence-corrected chi connectivity index (χ2v) is 7.73. The molecule has 1 amide bonds. The van der Waals surface area contributed by atoms with Gasteiger partial charge in [0, 0.05) is 29.1 Å². The molecule has 34 heavy (non-hydrogen) atoms. The minimum atomic E-state index is -1.02. The zero-order chi connectivity index (χ0) is 24.2. The summed E-state index contributed by atoms with van der Waals surface area (Å²) in [5, 5.41) is 7.16. The molecule has 0 saturated carbocycles. The van der Waals surface area contributed by atoms with Crippen LogP contribution in [0.1, 0.15) is 23.9 Å². The van der Waals surface area contributed by atoms with Crippen LogP contribution in [0.5, 0.6) is 11.5 Å². The predicted molar refractivity (Wildman–Crippen MR) is 124 cm³/mol. The van der Waals surface area contributed by atoms with Crippen LogP contribution in [0.25, 0.3) is 11.8 Å². The molecule has 2 heterocycles. The van der Waals surface area contributed by atoms with Crippen molar-refractivity contribution < 1.29 is 28.2 Å². The monoisotopic (exact) mass is 465 g/mol. The van der Waals surface area contributed by atoms with Gasteiger partial charge in [0.25, 0.3) is 5.91 Å². The highest BCUT2D eigenvalue weighted by atomic mass is 19.1. The number of benzene rings is 2. The molecule has 0 aliphatic carbocycles. The number of ether oxygens (including phenoxy) is 3. The summed E-state index contributed by atoms with van der Waals surface area (Å²) in [5.74, 6) is -0.320. The number of carbonyl (C=O) groups excluding carboxylic acids is 2. The van der Waals surface area contributed by atoms with Crippen LogP contribution >= 0.6 is 0 Å². The first kappa shape index (κ1) is 23.0. The van der Waals surface area contributed by atoms with E-state index in [-0.39, 0.29) is 5.82 Å².